The van der Waals surface area contributed by atoms with Crippen molar-refractivity contribution in [3.63, 3.8) is 0 Å². The Balaban J connectivity index is 2.74. The monoisotopic (exact) mass is 947 g/mol. The molecule has 0 saturated carbocycles. The number of aliphatic hydroxyl groups is 1. The molecule has 4 N–H and O–H groups in total. The SMILES string of the molecule is CC#CC#CC#CC#CC#CC#CC#CC#CC(=O)NCC(NC(=O)C#CC#CC#CC#CC#CC#CC#CC#CC)C(=O)CCCOC(C)(C)OCCCC(=O)CCCCNC(=O)c1ccc(CO)cc1. The van der Waals surface area contributed by atoms with Crippen LogP contribution in [-0.4, -0.2) is 72.5 Å². The molecule has 0 saturated heterocycles. The van der Waals surface area contributed by atoms with Crippen molar-refractivity contribution in [2.45, 2.75) is 91.1 Å². The molecular weight excluding hydrogens is 903 g/mol. The maximum absolute atomic E-state index is 13.3. The fourth-order valence-corrected chi connectivity index (χ4v) is 4.73. The van der Waals surface area contributed by atoms with E-state index in [1.54, 1.807) is 52.0 Å². The first-order valence-electron chi connectivity index (χ1n) is 21.8. The second-order valence-electron chi connectivity index (χ2n) is 13.9. The normalized spacial score (nSPS) is 8.40. The van der Waals surface area contributed by atoms with Gasteiger partial charge in [0.1, 0.15) is 11.8 Å². The van der Waals surface area contributed by atoms with Gasteiger partial charge in [-0.1, -0.05) is 24.0 Å². The number of aliphatic hydroxyl groups excluding tert-OH is 1. The van der Waals surface area contributed by atoms with E-state index in [-0.39, 0.29) is 50.9 Å². The minimum Gasteiger partial charge on any atom is -0.392 e. The quantitative estimate of drug-likeness (QED) is 0.0831. The Hall–Kier alpha value is -10.2. The minimum atomic E-state index is -1.19. The largest absolute Gasteiger partial charge is 0.392 e. The zero-order valence-corrected chi connectivity index (χ0v) is 40.2. The summed E-state index contributed by atoms with van der Waals surface area (Å²) in [5.41, 5.74) is 1.22. The third-order valence-electron chi connectivity index (χ3n) is 8.02. The molecule has 1 atom stereocenters. The van der Waals surface area contributed by atoms with Crippen molar-refractivity contribution in [1.29, 1.82) is 0 Å². The number of rotatable bonds is 21. The van der Waals surface area contributed by atoms with Crippen LogP contribution in [0.1, 0.15) is 88.6 Å². The first-order valence-corrected chi connectivity index (χ1v) is 21.8. The third-order valence-corrected chi connectivity index (χ3v) is 8.02. The summed E-state index contributed by atoms with van der Waals surface area (Å²) in [5.74, 6) is 75.5. The highest BCUT2D eigenvalue weighted by Gasteiger charge is 2.22. The molecule has 0 radical (unpaired) electrons. The van der Waals surface area contributed by atoms with Gasteiger partial charge in [-0.3, -0.25) is 24.0 Å². The van der Waals surface area contributed by atoms with Gasteiger partial charge in [0.2, 0.25) is 0 Å². The number of hydrogen-bond donors (Lipinski definition) is 4. The number of amides is 3. The maximum atomic E-state index is 13.3. The van der Waals surface area contributed by atoms with E-state index in [1.165, 1.54) is 0 Å². The summed E-state index contributed by atoms with van der Waals surface area (Å²) in [4.78, 5) is 63.1. The molecule has 0 aliphatic rings. The molecule has 1 aromatic carbocycles. The Labute approximate surface area is 424 Å². The average Bonchev–Trinajstić information content (AvgIpc) is 3.37. The van der Waals surface area contributed by atoms with Gasteiger partial charge < -0.3 is 30.5 Å². The highest BCUT2D eigenvalue weighted by atomic mass is 16.7. The average molecular weight is 948 g/mol. The van der Waals surface area contributed by atoms with E-state index in [9.17, 15) is 24.0 Å². The van der Waals surface area contributed by atoms with Crippen molar-refractivity contribution in [1.82, 2.24) is 16.0 Å². The predicted octanol–water partition coefficient (Wildman–Crippen LogP) is 2.24. The van der Waals surface area contributed by atoms with Gasteiger partial charge in [-0.05, 0) is 237 Å². The fraction of sp³-hybridized carbons (Fsp3) is 0.295. The summed E-state index contributed by atoms with van der Waals surface area (Å²) in [6.45, 7) is 7.16. The maximum Gasteiger partial charge on any atom is 0.297 e. The van der Waals surface area contributed by atoms with Crippen molar-refractivity contribution in [2.75, 3.05) is 26.3 Å². The van der Waals surface area contributed by atoms with Crippen LogP contribution in [0.15, 0.2) is 24.3 Å². The van der Waals surface area contributed by atoms with Crippen molar-refractivity contribution in [3.05, 3.63) is 35.4 Å². The van der Waals surface area contributed by atoms with Gasteiger partial charge >= 0.3 is 0 Å². The Morgan fingerprint density at radius 2 is 0.917 bits per heavy atom. The van der Waals surface area contributed by atoms with Crippen LogP contribution in [0.2, 0.25) is 0 Å². The second kappa shape index (κ2) is 41.0. The molecule has 0 spiro atoms. The highest BCUT2D eigenvalue weighted by molar-refractivity contribution is 5.99. The molecule has 0 aliphatic heterocycles. The van der Waals surface area contributed by atoms with Gasteiger partial charge in [0.25, 0.3) is 17.7 Å². The standard InChI is InChI=1S/C61H45N3O8/c1-5-7-9-11-13-15-17-19-21-23-25-27-29-31-33-42-58(68)63-51-56(64-59(69)43-34-32-30-28-26-24-22-20-18-16-14-12-10-8-6-2)57(67)41-38-50-72-61(3,4)71-49-37-40-55(66)39-35-36-48-62-60(70)54-46-44-53(52-65)45-47-54/h44-47,56,65H,35-41,48-52H2,1-4H3,(H,62,70)(H,63,68)(H,64,69). The van der Waals surface area contributed by atoms with Crippen LogP contribution in [0, 0.1) is 189 Å². The molecule has 352 valence electrons. The van der Waals surface area contributed by atoms with Gasteiger partial charge in [0, 0.05) is 49.8 Å². The van der Waals surface area contributed by atoms with Gasteiger partial charge in [-0.15, -0.1) is 0 Å². The van der Waals surface area contributed by atoms with E-state index < -0.39 is 29.4 Å². The van der Waals surface area contributed by atoms with Crippen LogP contribution in [-0.2, 0) is 35.3 Å². The lowest BCUT2D eigenvalue weighted by Gasteiger charge is -2.26. The lowest BCUT2D eigenvalue weighted by Crippen LogP contribution is -2.48. The molecule has 11 nitrogen and oxygen atoms in total. The lowest BCUT2D eigenvalue weighted by molar-refractivity contribution is -0.214. The van der Waals surface area contributed by atoms with Gasteiger partial charge in [0.15, 0.2) is 11.6 Å². The number of nitrogens with one attached hydrogen (secondary N) is 3. The van der Waals surface area contributed by atoms with Crippen LogP contribution in [0.25, 0.3) is 0 Å². The molecule has 1 rings (SSSR count). The number of Topliss-reactive ketones (excluding diaryl/α,β-unsaturated/α-hetero) is 2. The lowest BCUT2D eigenvalue weighted by atomic mass is 10.1. The van der Waals surface area contributed by atoms with Crippen molar-refractivity contribution in [3.8, 4) is 189 Å². The van der Waals surface area contributed by atoms with Crippen LogP contribution >= 0.6 is 0 Å². The number of ether oxygens (including phenoxy) is 2. The number of carbonyl (C=O) groups is 5. The van der Waals surface area contributed by atoms with Gasteiger partial charge in [0.05, 0.1) is 19.8 Å². The Bertz CT molecular complexity index is 3220. The predicted molar refractivity (Wildman–Crippen MR) is 274 cm³/mol. The summed E-state index contributed by atoms with van der Waals surface area (Å²) in [6.07, 6.45) is 2.66. The molecule has 0 fully saturated rings. The molecule has 0 heterocycles. The first-order chi connectivity index (χ1) is 35.0. The van der Waals surface area contributed by atoms with E-state index >= 15 is 0 Å². The fourth-order valence-electron chi connectivity index (χ4n) is 4.73. The zero-order chi connectivity index (χ0) is 52.6. The Kier molecular flexibility index (Phi) is 34.1. The first kappa shape index (κ1) is 59.8. The summed E-state index contributed by atoms with van der Waals surface area (Å²) in [7, 11) is 0. The van der Waals surface area contributed by atoms with Crippen LogP contribution < -0.4 is 16.0 Å². The number of benzene rings is 1. The van der Waals surface area contributed by atoms with Crippen molar-refractivity contribution in [2.24, 2.45) is 0 Å². The molecule has 0 aromatic heterocycles. The smallest absolute Gasteiger partial charge is 0.297 e. The zero-order valence-electron chi connectivity index (χ0n) is 40.2. The molecule has 11 heteroatoms. The number of ketones is 2. The van der Waals surface area contributed by atoms with Gasteiger partial charge in [-0.2, -0.15) is 0 Å². The van der Waals surface area contributed by atoms with Crippen LogP contribution in [0.4, 0.5) is 0 Å². The number of hydrogen-bond acceptors (Lipinski definition) is 8. The third kappa shape index (κ3) is 35.1. The molecule has 1 aromatic rings. The molecule has 72 heavy (non-hydrogen) atoms. The van der Waals surface area contributed by atoms with Crippen molar-refractivity contribution < 1.29 is 38.6 Å². The van der Waals surface area contributed by atoms with E-state index in [0.717, 1.165) is 5.56 Å². The minimum absolute atomic E-state index is 0.0447. The molecule has 0 aliphatic carbocycles. The molecular formula is C61H45N3O8. The van der Waals surface area contributed by atoms with E-state index in [0.29, 0.717) is 44.2 Å². The van der Waals surface area contributed by atoms with E-state index in [4.69, 9.17) is 14.6 Å². The summed E-state index contributed by atoms with van der Waals surface area (Å²) in [6, 6.07) is 5.50. The number of carbonyl (C=O) groups excluding carboxylic acids is 5. The Morgan fingerprint density at radius 1 is 0.514 bits per heavy atom. The summed E-state index contributed by atoms with van der Waals surface area (Å²) in [5, 5.41) is 16.9. The van der Waals surface area contributed by atoms with Crippen LogP contribution in [0.3, 0.4) is 0 Å². The highest BCUT2D eigenvalue weighted by Crippen LogP contribution is 2.14. The molecule has 3 amide bonds. The molecule has 1 unspecified atom stereocenters. The van der Waals surface area contributed by atoms with E-state index in [2.05, 4.69) is 205 Å². The second-order valence-corrected chi connectivity index (χ2v) is 13.9. The van der Waals surface area contributed by atoms with Gasteiger partial charge in [-0.25, -0.2) is 0 Å². The summed E-state index contributed by atoms with van der Waals surface area (Å²) < 4.78 is 11.7. The number of unbranched alkanes of at least 4 members (excludes halogenated alkanes) is 1. The molecule has 0 bridgehead atoms. The summed E-state index contributed by atoms with van der Waals surface area (Å²) >= 11 is 0. The van der Waals surface area contributed by atoms with Crippen LogP contribution in [0.5, 0.6) is 0 Å². The van der Waals surface area contributed by atoms with Crippen molar-refractivity contribution >= 4 is 29.3 Å². The Morgan fingerprint density at radius 3 is 1.36 bits per heavy atom. The topological polar surface area (TPSA) is 160 Å². The van der Waals surface area contributed by atoms with E-state index in [1.807, 2.05) is 0 Å².